The molecule has 0 aliphatic heterocycles. The number of nitrogens with zero attached hydrogens (tertiary/aromatic N) is 3. The summed E-state index contributed by atoms with van der Waals surface area (Å²) in [6.07, 6.45) is 1.54. The quantitative estimate of drug-likeness (QED) is 0.854. The lowest BCUT2D eigenvalue weighted by molar-refractivity contribution is 0.0697. The maximum absolute atomic E-state index is 13.0. The Balaban J connectivity index is 2.19. The Labute approximate surface area is 102 Å². The topological polar surface area (TPSA) is 80.0 Å². The Hall–Kier alpha value is -2.44. The Kier molecular flexibility index (Phi) is 3.22. The minimum atomic E-state index is -1.19. The maximum atomic E-state index is 13.0. The molecule has 7 heteroatoms. The molecule has 0 radical (unpaired) electrons. The summed E-state index contributed by atoms with van der Waals surface area (Å²) in [5.74, 6) is -1.12. The van der Waals surface area contributed by atoms with Gasteiger partial charge in [-0.15, -0.1) is 10.2 Å². The Morgan fingerprint density at radius 2 is 2.33 bits per heavy atom. The van der Waals surface area contributed by atoms with Gasteiger partial charge in [-0.1, -0.05) is 0 Å². The van der Waals surface area contributed by atoms with Gasteiger partial charge in [-0.2, -0.15) is 0 Å². The fraction of sp³-hybridized carbons (Fsp3) is 0.182. The fourth-order valence-corrected chi connectivity index (χ4v) is 1.49. The summed E-state index contributed by atoms with van der Waals surface area (Å²) in [6.45, 7) is 0.308. The van der Waals surface area contributed by atoms with Crippen molar-refractivity contribution in [3.63, 3.8) is 0 Å². The van der Waals surface area contributed by atoms with Gasteiger partial charge in [0.15, 0.2) is 5.82 Å². The number of carbonyl (C=O) groups is 1. The summed E-state index contributed by atoms with van der Waals surface area (Å²) in [4.78, 5) is 11.0. The van der Waals surface area contributed by atoms with E-state index in [-0.39, 0.29) is 5.56 Å². The van der Waals surface area contributed by atoms with E-state index in [1.54, 1.807) is 17.9 Å². The second kappa shape index (κ2) is 4.82. The molecule has 6 nitrogen and oxygen atoms in total. The highest BCUT2D eigenvalue weighted by atomic mass is 19.1. The van der Waals surface area contributed by atoms with E-state index < -0.39 is 11.8 Å². The molecule has 0 spiro atoms. The van der Waals surface area contributed by atoms with E-state index in [0.717, 1.165) is 6.07 Å². The number of anilines is 1. The number of aryl methyl sites for hydroxylation is 1. The van der Waals surface area contributed by atoms with Crippen LogP contribution in [0.4, 0.5) is 10.1 Å². The van der Waals surface area contributed by atoms with Crippen molar-refractivity contribution in [3.8, 4) is 0 Å². The molecule has 0 aliphatic rings. The molecule has 1 aromatic carbocycles. The largest absolute Gasteiger partial charge is 0.478 e. The Bertz CT molecular complexity index is 582. The van der Waals surface area contributed by atoms with Gasteiger partial charge in [0, 0.05) is 12.7 Å². The lowest BCUT2D eigenvalue weighted by Crippen LogP contribution is -2.09. The van der Waals surface area contributed by atoms with Crippen molar-refractivity contribution >= 4 is 11.7 Å². The average molecular weight is 250 g/mol. The summed E-state index contributed by atoms with van der Waals surface area (Å²) in [6, 6.07) is 3.56. The first kappa shape index (κ1) is 12.0. The van der Waals surface area contributed by atoms with E-state index in [1.807, 2.05) is 0 Å². The van der Waals surface area contributed by atoms with Gasteiger partial charge in [0.2, 0.25) is 0 Å². The number of carboxylic acids is 1. The Morgan fingerprint density at radius 1 is 1.56 bits per heavy atom. The molecule has 0 aliphatic carbocycles. The second-order valence-electron chi connectivity index (χ2n) is 3.71. The van der Waals surface area contributed by atoms with Crippen molar-refractivity contribution in [2.24, 2.45) is 7.05 Å². The molecule has 2 aromatic rings. The van der Waals surface area contributed by atoms with Crippen LogP contribution in [0, 0.1) is 5.82 Å². The smallest absolute Gasteiger partial charge is 0.337 e. The molecule has 18 heavy (non-hydrogen) atoms. The van der Waals surface area contributed by atoms with Crippen LogP contribution in [-0.4, -0.2) is 25.8 Å². The molecular formula is C11H11FN4O2. The molecular weight excluding hydrogens is 239 g/mol. The summed E-state index contributed by atoms with van der Waals surface area (Å²) < 4.78 is 14.7. The molecule has 1 heterocycles. The number of carboxylic acid groups (broad SMARTS) is 1. The van der Waals surface area contributed by atoms with Crippen molar-refractivity contribution in [2.75, 3.05) is 5.32 Å². The number of rotatable bonds is 4. The van der Waals surface area contributed by atoms with E-state index >= 15 is 0 Å². The van der Waals surface area contributed by atoms with Gasteiger partial charge in [0.25, 0.3) is 0 Å². The molecule has 2 rings (SSSR count). The highest BCUT2D eigenvalue weighted by Crippen LogP contribution is 2.17. The number of benzene rings is 1. The summed E-state index contributed by atoms with van der Waals surface area (Å²) in [5, 5.41) is 19.4. The first-order valence-electron chi connectivity index (χ1n) is 5.17. The SMILES string of the molecule is Cn1cnnc1CNc1ccc(F)cc1C(=O)O. The summed E-state index contributed by atoms with van der Waals surface area (Å²) in [5.41, 5.74) is 0.226. The molecule has 0 bridgehead atoms. The van der Waals surface area contributed by atoms with Crippen molar-refractivity contribution in [1.29, 1.82) is 0 Å². The third-order valence-corrected chi connectivity index (χ3v) is 2.45. The van der Waals surface area contributed by atoms with Crippen LogP contribution < -0.4 is 5.32 Å². The standard InChI is InChI=1S/C11H11FN4O2/c1-16-6-14-15-10(16)5-13-9-3-2-7(12)4-8(9)11(17)18/h2-4,6,13H,5H2,1H3,(H,17,18). The van der Waals surface area contributed by atoms with Crippen LogP contribution in [0.25, 0.3) is 0 Å². The highest BCUT2D eigenvalue weighted by molar-refractivity contribution is 5.94. The molecule has 0 saturated carbocycles. The van der Waals surface area contributed by atoms with Gasteiger partial charge in [0.1, 0.15) is 12.1 Å². The van der Waals surface area contributed by atoms with E-state index in [2.05, 4.69) is 15.5 Å². The van der Waals surface area contributed by atoms with Crippen molar-refractivity contribution in [2.45, 2.75) is 6.54 Å². The van der Waals surface area contributed by atoms with E-state index in [0.29, 0.717) is 18.1 Å². The minimum Gasteiger partial charge on any atom is -0.478 e. The van der Waals surface area contributed by atoms with Crippen LogP contribution in [0.5, 0.6) is 0 Å². The number of halogens is 1. The second-order valence-corrected chi connectivity index (χ2v) is 3.71. The fourth-order valence-electron chi connectivity index (χ4n) is 1.49. The van der Waals surface area contributed by atoms with Crippen LogP contribution in [-0.2, 0) is 13.6 Å². The highest BCUT2D eigenvalue weighted by Gasteiger charge is 2.11. The van der Waals surface area contributed by atoms with Crippen LogP contribution in [0.2, 0.25) is 0 Å². The third kappa shape index (κ3) is 2.45. The lowest BCUT2D eigenvalue weighted by atomic mass is 10.1. The zero-order chi connectivity index (χ0) is 13.1. The number of hydrogen-bond donors (Lipinski definition) is 2. The van der Waals surface area contributed by atoms with Gasteiger partial charge < -0.3 is 15.0 Å². The van der Waals surface area contributed by atoms with Gasteiger partial charge in [-0.3, -0.25) is 0 Å². The maximum Gasteiger partial charge on any atom is 0.337 e. The lowest BCUT2D eigenvalue weighted by Gasteiger charge is -2.09. The monoisotopic (exact) mass is 250 g/mol. The average Bonchev–Trinajstić information content (AvgIpc) is 2.73. The molecule has 0 unspecified atom stereocenters. The minimum absolute atomic E-state index is 0.114. The molecule has 2 N–H and O–H groups in total. The first-order valence-corrected chi connectivity index (χ1v) is 5.17. The molecule has 0 fully saturated rings. The van der Waals surface area contributed by atoms with Gasteiger partial charge in [-0.25, -0.2) is 9.18 Å². The van der Waals surface area contributed by atoms with E-state index in [1.165, 1.54) is 12.1 Å². The van der Waals surface area contributed by atoms with Crippen molar-refractivity contribution in [1.82, 2.24) is 14.8 Å². The first-order chi connectivity index (χ1) is 8.58. The predicted molar refractivity (Wildman–Crippen MR) is 61.7 cm³/mol. The summed E-state index contributed by atoms with van der Waals surface area (Å²) >= 11 is 0. The number of hydrogen-bond acceptors (Lipinski definition) is 4. The van der Waals surface area contributed by atoms with Gasteiger partial charge in [-0.05, 0) is 18.2 Å². The van der Waals surface area contributed by atoms with Gasteiger partial charge >= 0.3 is 5.97 Å². The van der Waals surface area contributed by atoms with E-state index in [9.17, 15) is 9.18 Å². The molecule has 94 valence electrons. The Morgan fingerprint density at radius 3 is 2.94 bits per heavy atom. The van der Waals surface area contributed by atoms with Crippen molar-refractivity contribution in [3.05, 3.63) is 41.7 Å². The number of nitrogens with one attached hydrogen (secondary N) is 1. The zero-order valence-corrected chi connectivity index (χ0v) is 9.59. The molecule has 0 saturated heterocycles. The normalized spacial score (nSPS) is 10.3. The van der Waals surface area contributed by atoms with Crippen LogP contribution >= 0.6 is 0 Å². The summed E-state index contributed by atoms with van der Waals surface area (Å²) in [7, 11) is 1.78. The molecule has 1 aromatic heterocycles. The van der Waals surface area contributed by atoms with Crippen LogP contribution in [0.3, 0.4) is 0 Å². The predicted octanol–water partition coefficient (Wildman–Crippen LogP) is 1.26. The van der Waals surface area contributed by atoms with Crippen LogP contribution in [0.1, 0.15) is 16.2 Å². The number of aromatic carboxylic acids is 1. The zero-order valence-electron chi connectivity index (χ0n) is 9.59. The number of aromatic nitrogens is 3. The van der Waals surface area contributed by atoms with E-state index in [4.69, 9.17) is 5.11 Å². The molecule has 0 amide bonds. The van der Waals surface area contributed by atoms with Gasteiger partial charge in [0.05, 0.1) is 12.1 Å². The molecule has 0 atom stereocenters. The van der Waals surface area contributed by atoms with Crippen molar-refractivity contribution < 1.29 is 14.3 Å². The van der Waals surface area contributed by atoms with Crippen LogP contribution in [0.15, 0.2) is 24.5 Å². The third-order valence-electron chi connectivity index (χ3n) is 2.45.